The zero-order valence-corrected chi connectivity index (χ0v) is 9.72. The number of aliphatic hydroxyl groups is 1. The second-order valence-electron chi connectivity index (χ2n) is 4.12. The highest BCUT2D eigenvalue weighted by molar-refractivity contribution is 5.90. The van der Waals surface area contributed by atoms with Crippen LogP contribution in [0.2, 0.25) is 0 Å². The summed E-state index contributed by atoms with van der Waals surface area (Å²) in [5.41, 5.74) is 0.710. The Bertz CT molecular complexity index is 402. The van der Waals surface area contributed by atoms with Gasteiger partial charge in [0.05, 0.1) is 7.11 Å². The first-order valence-corrected chi connectivity index (χ1v) is 5.53. The number of benzene rings is 1. The minimum absolute atomic E-state index is 0.136. The van der Waals surface area contributed by atoms with Gasteiger partial charge in [-0.25, -0.2) is 4.79 Å². The first-order valence-electron chi connectivity index (χ1n) is 5.53. The molecule has 1 aliphatic heterocycles. The average molecular weight is 236 g/mol. The van der Waals surface area contributed by atoms with E-state index < -0.39 is 0 Å². The molecule has 0 spiro atoms. The fraction of sp³-hybridized carbons (Fsp3) is 0.417. The lowest BCUT2D eigenvalue weighted by Gasteiger charge is -2.38. The van der Waals surface area contributed by atoms with Crippen LogP contribution in [-0.4, -0.2) is 42.8 Å². The number of methoxy groups -OCH3 is 1. The topological polar surface area (TPSA) is 61.8 Å². The van der Waals surface area contributed by atoms with Crippen LogP contribution in [0, 0.1) is 5.92 Å². The van der Waals surface area contributed by atoms with E-state index in [0.717, 1.165) is 0 Å². The highest BCUT2D eigenvalue weighted by atomic mass is 16.5. The number of carbonyl (C=O) groups excluding carboxylic acids is 1. The van der Waals surface area contributed by atoms with E-state index in [1.54, 1.807) is 18.1 Å². The molecule has 92 valence electrons. The molecule has 5 nitrogen and oxygen atoms in total. The molecule has 0 saturated carbocycles. The summed E-state index contributed by atoms with van der Waals surface area (Å²) in [6, 6.07) is 7.08. The number of hydrogen-bond donors (Lipinski definition) is 2. The molecule has 1 saturated heterocycles. The van der Waals surface area contributed by atoms with Gasteiger partial charge in [-0.05, 0) is 12.1 Å². The lowest BCUT2D eigenvalue weighted by atomic mass is 10.0. The second-order valence-corrected chi connectivity index (χ2v) is 4.12. The number of anilines is 1. The molecule has 5 heteroatoms. The van der Waals surface area contributed by atoms with Crippen LogP contribution in [0.5, 0.6) is 5.75 Å². The van der Waals surface area contributed by atoms with Gasteiger partial charge in [0.15, 0.2) is 0 Å². The van der Waals surface area contributed by atoms with Crippen molar-refractivity contribution >= 4 is 11.7 Å². The van der Waals surface area contributed by atoms with Gasteiger partial charge in [-0.1, -0.05) is 6.07 Å². The summed E-state index contributed by atoms with van der Waals surface area (Å²) in [4.78, 5) is 13.4. The van der Waals surface area contributed by atoms with Crippen LogP contribution in [0.3, 0.4) is 0 Å². The average Bonchev–Trinajstić information content (AvgIpc) is 2.28. The molecule has 0 bridgehead atoms. The van der Waals surface area contributed by atoms with Crippen LogP contribution >= 0.6 is 0 Å². The third-order valence-electron chi connectivity index (χ3n) is 2.82. The van der Waals surface area contributed by atoms with Crippen molar-refractivity contribution in [2.45, 2.75) is 0 Å². The molecule has 1 aromatic rings. The van der Waals surface area contributed by atoms with Gasteiger partial charge >= 0.3 is 6.03 Å². The second kappa shape index (κ2) is 5.05. The number of nitrogens with one attached hydrogen (secondary N) is 1. The van der Waals surface area contributed by atoms with Crippen molar-refractivity contribution < 1.29 is 14.6 Å². The largest absolute Gasteiger partial charge is 0.497 e. The minimum atomic E-state index is -0.136. The number of likely N-dealkylation sites (tertiary alicyclic amines) is 1. The Morgan fingerprint density at radius 1 is 1.59 bits per heavy atom. The molecular weight excluding hydrogens is 220 g/mol. The maximum absolute atomic E-state index is 11.7. The van der Waals surface area contributed by atoms with Gasteiger partial charge in [0.2, 0.25) is 0 Å². The smallest absolute Gasteiger partial charge is 0.321 e. The van der Waals surface area contributed by atoms with Gasteiger partial charge in [-0.2, -0.15) is 0 Å². The number of nitrogens with zero attached hydrogens (tertiary/aromatic N) is 1. The van der Waals surface area contributed by atoms with Crippen molar-refractivity contribution in [3.63, 3.8) is 0 Å². The number of amides is 2. The molecule has 0 radical (unpaired) electrons. The fourth-order valence-electron chi connectivity index (χ4n) is 1.75. The Balaban J connectivity index is 1.90. The summed E-state index contributed by atoms with van der Waals surface area (Å²) in [6.45, 7) is 1.38. The molecule has 17 heavy (non-hydrogen) atoms. The molecule has 1 fully saturated rings. The summed E-state index contributed by atoms with van der Waals surface area (Å²) < 4.78 is 5.07. The van der Waals surface area contributed by atoms with E-state index >= 15 is 0 Å². The summed E-state index contributed by atoms with van der Waals surface area (Å²) in [7, 11) is 1.59. The Kier molecular flexibility index (Phi) is 3.49. The maximum atomic E-state index is 11.7. The number of ether oxygens (including phenoxy) is 1. The van der Waals surface area contributed by atoms with E-state index in [-0.39, 0.29) is 18.6 Å². The van der Waals surface area contributed by atoms with E-state index in [0.29, 0.717) is 24.5 Å². The van der Waals surface area contributed by atoms with Crippen LogP contribution in [0.15, 0.2) is 24.3 Å². The van der Waals surface area contributed by atoms with Crippen LogP contribution in [0.4, 0.5) is 10.5 Å². The normalized spacial score (nSPS) is 15.3. The third-order valence-corrected chi connectivity index (χ3v) is 2.82. The van der Waals surface area contributed by atoms with Crippen molar-refractivity contribution in [3.8, 4) is 5.75 Å². The van der Waals surface area contributed by atoms with Crippen LogP contribution in [0.25, 0.3) is 0 Å². The molecule has 2 N–H and O–H groups in total. The lowest BCUT2D eigenvalue weighted by Crippen LogP contribution is -2.52. The van der Waals surface area contributed by atoms with Crippen LogP contribution < -0.4 is 10.1 Å². The van der Waals surface area contributed by atoms with Crippen molar-refractivity contribution in [1.82, 2.24) is 4.90 Å². The van der Waals surface area contributed by atoms with E-state index in [1.165, 1.54) is 0 Å². The molecular formula is C12H16N2O3. The van der Waals surface area contributed by atoms with E-state index in [1.807, 2.05) is 18.2 Å². The molecule has 1 heterocycles. The van der Waals surface area contributed by atoms with E-state index in [9.17, 15) is 4.79 Å². The molecule has 0 unspecified atom stereocenters. The molecule has 0 atom stereocenters. The zero-order chi connectivity index (χ0) is 12.3. The third kappa shape index (κ3) is 2.68. The molecule has 0 aliphatic carbocycles. The Morgan fingerprint density at radius 3 is 3.00 bits per heavy atom. The van der Waals surface area contributed by atoms with Crippen LogP contribution in [-0.2, 0) is 0 Å². The Labute approximate surface area is 100.0 Å². The number of hydrogen-bond acceptors (Lipinski definition) is 3. The number of urea groups is 1. The first-order chi connectivity index (χ1) is 8.22. The van der Waals surface area contributed by atoms with Gasteiger partial charge in [-0.15, -0.1) is 0 Å². The van der Waals surface area contributed by atoms with Crippen molar-refractivity contribution in [3.05, 3.63) is 24.3 Å². The summed E-state index contributed by atoms with van der Waals surface area (Å²) in [6.07, 6.45) is 0. The molecule has 1 aromatic carbocycles. The molecule has 1 aliphatic rings. The Morgan fingerprint density at radius 2 is 2.35 bits per heavy atom. The predicted molar refractivity (Wildman–Crippen MR) is 64.2 cm³/mol. The quantitative estimate of drug-likeness (QED) is 0.827. The van der Waals surface area contributed by atoms with Crippen molar-refractivity contribution in [1.29, 1.82) is 0 Å². The fourth-order valence-corrected chi connectivity index (χ4v) is 1.75. The first kappa shape index (κ1) is 11.7. The van der Waals surface area contributed by atoms with Crippen LogP contribution in [0.1, 0.15) is 0 Å². The number of carbonyl (C=O) groups is 1. The number of rotatable bonds is 3. The monoisotopic (exact) mass is 236 g/mol. The summed E-state index contributed by atoms with van der Waals surface area (Å²) in [5.74, 6) is 0.936. The summed E-state index contributed by atoms with van der Waals surface area (Å²) >= 11 is 0. The standard InChI is InChI=1S/C12H16N2O3/c1-17-11-4-2-3-10(5-11)13-12(16)14-6-9(7-14)8-15/h2-5,9,15H,6-8H2,1H3,(H,13,16). The van der Waals surface area contributed by atoms with E-state index in [4.69, 9.17) is 9.84 Å². The molecule has 2 rings (SSSR count). The van der Waals surface area contributed by atoms with Gasteiger partial charge in [0, 0.05) is 37.4 Å². The van der Waals surface area contributed by atoms with Gasteiger partial charge < -0.3 is 20.1 Å². The minimum Gasteiger partial charge on any atom is -0.497 e. The van der Waals surface area contributed by atoms with Gasteiger partial charge in [0.1, 0.15) is 5.75 Å². The highest BCUT2D eigenvalue weighted by Crippen LogP contribution is 2.19. The molecule has 0 aromatic heterocycles. The lowest BCUT2D eigenvalue weighted by molar-refractivity contribution is 0.0838. The maximum Gasteiger partial charge on any atom is 0.321 e. The summed E-state index contributed by atoms with van der Waals surface area (Å²) in [5, 5.41) is 11.7. The molecule has 2 amide bonds. The van der Waals surface area contributed by atoms with Crippen molar-refractivity contribution in [2.24, 2.45) is 5.92 Å². The Hall–Kier alpha value is -1.75. The highest BCUT2D eigenvalue weighted by Gasteiger charge is 2.29. The number of aliphatic hydroxyl groups excluding tert-OH is 1. The predicted octanol–water partition coefficient (Wildman–Crippen LogP) is 1.15. The van der Waals surface area contributed by atoms with Gasteiger partial charge in [-0.3, -0.25) is 0 Å². The SMILES string of the molecule is COc1cccc(NC(=O)N2CC(CO)C2)c1. The van der Waals surface area contributed by atoms with Crippen molar-refractivity contribution in [2.75, 3.05) is 32.1 Å². The zero-order valence-electron chi connectivity index (χ0n) is 9.72. The van der Waals surface area contributed by atoms with Gasteiger partial charge in [0.25, 0.3) is 0 Å². The van der Waals surface area contributed by atoms with E-state index in [2.05, 4.69) is 5.32 Å².